The fourth-order valence-electron chi connectivity index (χ4n) is 4.30. The van der Waals surface area contributed by atoms with Crippen LogP contribution in [-0.4, -0.2) is 23.8 Å². The summed E-state index contributed by atoms with van der Waals surface area (Å²) in [5, 5.41) is 12.7. The molecule has 0 fully saturated rings. The quantitative estimate of drug-likeness (QED) is 0.303. The summed E-state index contributed by atoms with van der Waals surface area (Å²) in [6, 6.07) is 31.3. The van der Waals surface area contributed by atoms with Crippen LogP contribution >= 0.6 is 0 Å². The van der Waals surface area contributed by atoms with Gasteiger partial charge in [-0.1, -0.05) is 78.9 Å². The van der Waals surface area contributed by atoms with Crippen LogP contribution in [0.2, 0.25) is 0 Å². The van der Waals surface area contributed by atoms with Gasteiger partial charge < -0.3 is 14.2 Å². The zero-order chi connectivity index (χ0) is 23.9. The van der Waals surface area contributed by atoms with Gasteiger partial charge in [-0.25, -0.2) is 0 Å². The normalized spacial score (nSPS) is 12.4. The van der Waals surface area contributed by atoms with E-state index in [-0.39, 0.29) is 0 Å². The van der Waals surface area contributed by atoms with E-state index in [1.165, 1.54) is 11.1 Å². The van der Waals surface area contributed by atoms with Crippen LogP contribution in [-0.2, 0) is 4.65 Å². The SMILES string of the molecule is CC(C)(O)C(C)(C)OBc1cccc2oc3cccc(-c4ccccc4-c4ccccc4)c3c12. The van der Waals surface area contributed by atoms with Crippen LogP contribution in [0, 0.1) is 0 Å². The highest BCUT2D eigenvalue weighted by Gasteiger charge is 2.36. The molecule has 0 atom stereocenters. The first-order valence-electron chi connectivity index (χ1n) is 11.7. The lowest BCUT2D eigenvalue weighted by molar-refractivity contribution is -0.0893. The largest absolute Gasteiger partial charge is 0.456 e. The molecule has 4 heteroatoms. The highest BCUT2D eigenvalue weighted by atomic mass is 16.5. The van der Waals surface area contributed by atoms with Gasteiger partial charge in [-0.3, -0.25) is 0 Å². The highest BCUT2D eigenvalue weighted by molar-refractivity contribution is 6.53. The molecule has 34 heavy (non-hydrogen) atoms. The Morgan fingerprint density at radius 1 is 0.647 bits per heavy atom. The van der Waals surface area contributed by atoms with Crippen molar-refractivity contribution in [3.63, 3.8) is 0 Å². The van der Waals surface area contributed by atoms with E-state index in [0.29, 0.717) is 7.48 Å². The van der Waals surface area contributed by atoms with Gasteiger partial charge in [0, 0.05) is 10.8 Å². The second-order valence-electron chi connectivity index (χ2n) is 9.84. The second kappa shape index (κ2) is 8.46. The molecule has 0 aliphatic heterocycles. The summed E-state index contributed by atoms with van der Waals surface area (Å²) in [5.41, 5.74) is 5.70. The molecule has 0 aliphatic carbocycles. The predicted octanol–water partition coefficient (Wildman–Crippen LogP) is 6.46. The Hall–Kier alpha value is -3.34. The Labute approximate surface area is 201 Å². The van der Waals surface area contributed by atoms with Gasteiger partial charge >= 0.3 is 7.48 Å². The van der Waals surface area contributed by atoms with Crippen molar-refractivity contribution in [2.24, 2.45) is 0 Å². The van der Waals surface area contributed by atoms with Crippen molar-refractivity contribution in [2.75, 3.05) is 0 Å². The third kappa shape index (κ3) is 3.94. The predicted molar refractivity (Wildman–Crippen MR) is 143 cm³/mol. The minimum absolute atomic E-state index is 0.373. The molecule has 0 saturated carbocycles. The lowest BCUT2D eigenvalue weighted by Crippen LogP contribution is -2.49. The third-order valence-electron chi connectivity index (χ3n) is 6.97. The Kier molecular flexibility index (Phi) is 5.59. The Balaban J connectivity index is 1.70. The van der Waals surface area contributed by atoms with Crippen LogP contribution in [0.5, 0.6) is 0 Å². The number of fused-ring (bicyclic) bond motifs is 3. The smallest absolute Gasteiger partial charge is 0.310 e. The molecule has 0 amide bonds. The molecule has 4 aromatic carbocycles. The summed E-state index contributed by atoms with van der Waals surface area (Å²) in [5.74, 6) is 0. The van der Waals surface area contributed by atoms with Gasteiger partial charge in [0.25, 0.3) is 0 Å². The topological polar surface area (TPSA) is 42.6 Å². The Morgan fingerprint density at radius 3 is 1.94 bits per heavy atom. The van der Waals surface area contributed by atoms with Gasteiger partial charge in [0.15, 0.2) is 0 Å². The first kappa shape index (κ1) is 22.5. The maximum Gasteiger partial charge on any atom is 0.310 e. The molecule has 170 valence electrons. The molecule has 1 aromatic heterocycles. The summed E-state index contributed by atoms with van der Waals surface area (Å²) < 4.78 is 12.5. The van der Waals surface area contributed by atoms with Crippen LogP contribution in [0.15, 0.2) is 95.4 Å². The van der Waals surface area contributed by atoms with E-state index in [1.807, 2.05) is 38.1 Å². The van der Waals surface area contributed by atoms with Crippen molar-refractivity contribution in [2.45, 2.75) is 38.9 Å². The molecule has 0 saturated heterocycles. The van der Waals surface area contributed by atoms with Crippen LogP contribution in [0.3, 0.4) is 0 Å². The molecule has 1 heterocycles. The van der Waals surface area contributed by atoms with E-state index in [1.54, 1.807) is 13.8 Å². The molecule has 1 N–H and O–H groups in total. The van der Waals surface area contributed by atoms with Crippen LogP contribution in [0.1, 0.15) is 27.7 Å². The standard InChI is InChI=1S/C30H29BO3/c1-29(2,32)30(3,4)34-31-24-17-11-19-26-28(24)27-23(16-10-18-25(27)33-26)22-15-9-8-14-21(22)20-12-6-5-7-13-20/h5-19,31-32H,1-4H3. The molecule has 0 aliphatic rings. The summed E-state index contributed by atoms with van der Waals surface area (Å²) in [6.45, 7) is 7.39. The maximum absolute atomic E-state index is 10.6. The third-order valence-corrected chi connectivity index (χ3v) is 6.97. The Morgan fingerprint density at radius 2 is 1.24 bits per heavy atom. The number of hydrogen-bond acceptors (Lipinski definition) is 3. The molecular weight excluding hydrogens is 419 g/mol. The summed E-state index contributed by atoms with van der Waals surface area (Å²) in [6.07, 6.45) is 0. The summed E-state index contributed by atoms with van der Waals surface area (Å²) >= 11 is 0. The molecule has 0 radical (unpaired) electrons. The van der Waals surface area contributed by atoms with Crippen molar-refractivity contribution < 1.29 is 14.2 Å². The molecule has 3 nitrogen and oxygen atoms in total. The fourth-order valence-corrected chi connectivity index (χ4v) is 4.30. The first-order chi connectivity index (χ1) is 16.3. The van der Waals surface area contributed by atoms with Crippen LogP contribution < -0.4 is 5.46 Å². The summed E-state index contributed by atoms with van der Waals surface area (Å²) in [7, 11) is 0.373. The minimum Gasteiger partial charge on any atom is -0.456 e. The van der Waals surface area contributed by atoms with Gasteiger partial charge in [-0.2, -0.15) is 0 Å². The van der Waals surface area contributed by atoms with Crippen molar-refractivity contribution in [3.05, 3.63) is 91.0 Å². The van der Waals surface area contributed by atoms with Crippen molar-refractivity contribution in [1.29, 1.82) is 0 Å². The van der Waals surface area contributed by atoms with E-state index < -0.39 is 11.2 Å². The summed E-state index contributed by atoms with van der Waals surface area (Å²) in [4.78, 5) is 0. The van der Waals surface area contributed by atoms with Gasteiger partial charge in [-0.15, -0.1) is 0 Å². The zero-order valence-electron chi connectivity index (χ0n) is 20.1. The molecule has 5 aromatic rings. The maximum atomic E-state index is 10.6. The average molecular weight is 448 g/mol. The lowest BCUT2D eigenvalue weighted by atomic mass is 9.80. The monoisotopic (exact) mass is 448 g/mol. The van der Waals surface area contributed by atoms with Gasteiger partial charge in [0.1, 0.15) is 11.2 Å². The number of benzene rings is 4. The zero-order valence-corrected chi connectivity index (χ0v) is 20.1. The van der Waals surface area contributed by atoms with E-state index in [0.717, 1.165) is 38.5 Å². The number of furan rings is 1. The molecule has 0 spiro atoms. The van der Waals surface area contributed by atoms with Gasteiger partial charge in [0.2, 0.25) is 0 Å². The van der Waals surface area contributed by atoms with E-state index >= 15 is 0 Å². The molecular formula is C30H29BO3. The van der Waals surface area contributed by atoms with Crippen molar-refractivity contribution >= 4 is 34.9 Å². The first-order valence-corrected chi connectivity index (χ1v) is 11.7. The lowest BCUT2D eigenvalue weighted by Gasteiger charge is -2.37. The van der Waals surface area contributed by atoms with Gasteiger partial charge in [-0.05, 0) is 67.5 Å². The van der Waals surface area contributed by atoms with Crippen LogP contribution in [0.25, 0.3) is 44.2 Å². The van der Waals surface area contributed by atoms with Crippen LogP contribution in [0.4, 0.5) is 0 Å². The van der Waals surface area contributed by atoms with E-state index in [4.69, 9.17) is 9.07 Å². The molecule has 5 rings (SSSR count). The number of hydrogen-bond donors (Lipinski definition) is 1. The van der Waals surface area contributed by atoms with Crippen molar-refractivity contribution in [3.8, 4) is 22.3 Å². The average Bonchev–Trinajstić information content (AvgIpc) is 3.22. The second-order valence-corrected chi connectivity index (χ2v) is 9.84. The Bertz CT molecular complexity index is 1460. The number of aliphatic hydroxyl groups is 1. The fraction of sp³-hybridized carbons (Fsp3) is 0.200. The molecule has 0 bridgehead atoms. The van der Waals surface area contributed by atoms with E-state index in [2.05, 4.69) is 66.7 Å². The van der Waals surface area contributed by atoms with E-state index in [9.17, 15) is 5.11 Å². The van der Waals surface area contributed by atoms with Crippen molar-refractivity contribution in [1.82, 2.24) is 0 Å². The van der Waals surface area contributed by atoms with Gasteiger partial charge in [0.05, 0.1) is 11.2 Å². The minimum atomic E-state index is -0.973. The molecule has 0 unspecified atom stereocenters. The highest BCUT2D eigenvalue weighted by Crippen LogP contribution is 2.40. The number of rotatable bonds is 6.